The van der Waals surface area contributed by atoms with Gasteiger partial charge in [0.05, 0.1) is 31.5 Å². The molecule has 0 aromatic carbocycles. The van der Waals surface area contributed by atoms with Crippen LogP contribution in [-0.4, -0.2) is 81.5 Å². The van der Waals surface area contributed by atoms with Crippen molar-refractivity contribution in [3.63, 3.8) is 0 Å². The molecule has 150 valence electrons. The Morgan fingerprint density at radius 3 is 1.96 bits per heavy atom. The van der Waals surface area contributed by atoms with Gasteiger partial charge in [-0.25, -0.2) is 0 Å². The smallest absolute Gasteiger partial charge is 0.240 e. The van der Waals surface area contributed by atoms with Gasteiger partial charge in [-0.15, -0.1) is 0 Å². The van der Waals surface area contributed by atoms with Gasteiger partial charge >= 0.3 is 0 Å². The quantitative estimate of drug-likeness (QED) is 0.427. The molecule has 25 heavy (non-hydrogen) atoms. The molecule has 0 aliphatic carbocycles. The van der Waals surface area contributed by atoms with E-state index in [9.17, 15) is 4.79 Å². The molecule has 0 aliphatic rings. The zero-order valence-electron chi connectivity index (χ0n) is 18.0. The largest absolute Gasteiger partial charge is 0.380 e. The van der Waals surface area contributed by atoms with E-state index in [2.05, 4.69) is 38.2 Å². The molecule has 4 atom stereocenters. The number of likely N-dealkylation sites (N-methyl/N-ethyl adjacent to an activating group) is 2. The number of hydrogen-bond acceptors (Lipinski definition) is 5. The Bertz CT molecular complexity index is 367. The van der Waals surface area contributed by atoms with Crippen molar-refractivity contribution < 1.29 is 14.3 Å². The van der Waals surface area contributed by atoms with Crippen molar-refractivity contribution in [2.75, 3.05) is 41.6 Å². The number of amides is 1. The molecule has 0 aromatic rings. The number of carbonyl (C=O) groups excluding carboxylic acids is 1. The van der Waals surface area contributed by atoms with Crippen molar-refractivity contribution in [3.8, 4) is 0 Å². The van der Waals surface area contributed by atoms with Crippen LogP contribution in [0.2, 0.25) is 0 Å². The lowest BCUT2D eigenvalue weighted by Gasteiger charge is -2.34. The lowest BCUT2D eigenvalue weighted by atomic mass is 10.0. The van der Waals surface area contributed by atoms with Gasteiger partial charge in [0.2, 0.25) is 5.91 Å². The molecule has 0 heterocycles. The average Bonchev–Trinajstić information content (AvgIpc) is 2.54. The van der Waals surface area contributed by atoms with Crippen LogP contribution in [0.1, 0.15) is 41.5 Å². The number of ether oxygens (including phenoxy) is 2. The normalized spacial score (nSPS) is 17.0. The molecule has 1 amide bonds. The second kappa shape index (κ2) is 11.8. The zero-order chi connectivity index (χ0) is 19.7. The Kier molecular flexibility index (Phi) is 11.5. The molecule has 0 aliphatic heterocycles. The maximum atomic E-state index is 12.8. The van der Waals surface area contributed by atoms with Crippen LogP contribution in [0, 0.1) is 11.8 Å². The molecule has 0 unspecified atom stereocenters. The predicted molar refractivity (Wildman–Crippen MR) is 104 cm³/mol. The molecular weight excluding hydrogens is 318 g/mol. The second-order valence-electron chi connectivity index (χ2n) is 7.85. The van der Waals surface area contributed by atoms with Gasteiger partial charge < -0.3 is 19.3 Å². The first-order valence-electron chi connectivity index (χ1n) is 9.31. The summed E-state index contributed by atoms with van der Waals surface area (Å²) in [6.45, 7) is 13.5. The maximum absolute atomic E-state index is 12.8. The van der Waals surface area contributed by atoms with E-state index in [-0.39, 0.29) is 30.0 Å². The van der Waals surface area contributed by atoms with Gasteiger partial charge in [-0.05, 0) is 39.8 Å². The predicted octanol–water partition coefficient (Wildman–Crippen LogP) is 2.04. The topological polar surface area (TPSA) is 54.0 Å². The van der Waals surface area contributed by atoms with Gasteiger partial charge in [0.25, 0.3) is 0 Å². The van der Waals surface area contributed by atoms with Crippen LogP contribution in [0.15, 0.2) is 0 Å². The van der Waals surface area contributed by atoms with E-state index in [4.69, 9.17) is 9.47 Å². The Balaban J connectivity index is 4.63. The minimum atomic E-state index is -0.270. The Labute approximate surface area is 155 Å². The summed E-state index contributed by atoms with van der Waals surface area (Å²) in [7, 11) is 7.63. The van der Waals surface area contributed by atoms with E-state index >= 15 is 0 Å². The van der Waals surface area contributed by atoms with Crippen LogP contribution >= 0.6 is 0 Å². The van der Waals surface area contributed by atoms with E-state index in [1.807, 2.05) is 34.7 Å². The molecule has 0 radical (unpaired) electrons. The number of hydrogen-bond donors (Lipinski definition) is 1. The molecule has 0 fully saturated rings. The number of nitrogens with one attached hydrogen (secondary N) is 1. The molecule has 6 heteroatoms. The van der Waals surface area contributed by atoms with Crippen LogP contribution in [0.3, 0.4) is 0 Å². The summed E-state index contributed by atoms with van der Waals surface area (Å²) in [4.78, 5) is 16.8. The Hall–Kier alpha value is -0.690. The van der Waals surface area contributed by atoms with E-state index in [0.717, 1.165) is 0 Å². The minimum Gasteiger partial charge on any atom is -0.380 e. The van der Waals surface area contributed by atoms with Crippen LogP contribution in [-0.2, 0) is 14.3 Å². The summed E-state index contributed by atoms with van der Waals surface area (Å²) in [5.41, 5.74) is 0. The Morgan fingerprint density at radius 2 is 1.56 bits per heavy atom. The molecular formula is C19H41N3O3. The van der Waals surface area contributed by atoms with Crippen molar-refractivity contribution in [3.05, 3.63) is 0 Å². The number of rotatable bonds is 12. The monoisotopic (exact) mass is 359 g/mol. The van der Waals surface area contributed by atoms with E-state index in [1.54, 1.807) is 12.0 Å². The summed E-state index contributed by atoms with van der Waals surface area (Å²) < 4.78 is 11.2. The highest BCUT2D eigenvalue weighted by Gasteiger charge is 2.29. The summed E-state index contributed by atoms with van der Waals surface area (Å²) in [5.74, 6) is 0.765. The SMILES string of the molecule is CO[C@H](C)[C@H](C)N(C)C(=O)[C@@H](NCOC[C@H](C(C)C)N(C)C)C(C)C. The highest BCUT2D eigenvalue weighted by atomic mass is 16.5. The van der Waals surface area contributed by atoms with Crippen molar-refractivity contribution in [2.24, 2.45) is 11.8 Å². The van der Waals surface area contributed by atoms with Crippen LogP contribution in [0.25, 0.3) is 0 Å². The molecule has 0 saturated carbocycles. The van der Waals surface area contributed by atoms with Crippen molar-refractivity contribution >= 4 is 5.91 Å². The first kappa shape index (κ1) is 24.3. The summed E-state index contributed by atoms with van der Waals surface area (Å²) >= 11 is 0. The Morgan fingerprint density at radius 1 is 1.00 bits per heavy atom. The third kappa shape index (κ3) is 8.03. The standard InChI is InChI=1S/C19H41N3O3/c1-13(2)17(21(7)8)11-25-12-20-18(14(3)4)19(23)22(9)15(5)16(6)24-10/h13-18,20H,11-12H2,1-10H3/t15-,16+,17+,18-/m0/s1. The molecule has 0 saturated heterocycles. The minimum absolute atomic E-state index is 0.00935. The van der Waals surface area contributed by atoms with E-state index < -0.39 is 0 Å². The van der Waals surface area contributed by atoms with Gasteiger partial charge in [0.1, 0.15) is 0 Å². The van der Waals surface area contributed by atoms with Crippen LogP contribution in [0.4, 0.5) is 0 Å². The fourth-order valence-corrected chi connectivity index (χ4v) is 2.81. The van der Waals surface area contributed by atoms with Crippen molar-refractivity contribution in [2.45, 2.75) is 65.8 Å². The van der Waals surface area contributed by atoms with Gasteiger partial charge in [0.15, 0.2) is 0 Å². The lowest BCUT2D eigenvalue weighted by Crippen LogP contribution is -2.53. The van der Waals surface area contributed by atoms with E-state index in [1.165, 1.54) is 0 Å². The van der Waals surface area contributed by atoms with Gasteiger partial charge in [-0.2, -0.15) is 0 Å². The number of methoxy groups -OCH3 is 1. The summed E-state index contributed by atoms with van der Waals surface area (Å²) in [6, 6.07) is 0.106. The fraction of sp³-hybridized carbons (Fsp3) is 0.947. The van der Waals surface area contributed by atoms with Gasteiger partial charge in [0, 0.05) is 20.2 Å². The average molecular weight is 360 g/mol. The molecule has 0 aromatic heterocycles. The van der Waals surface area contributed by atoms with E-state index in [0.29, 0.717) is 25.3 Å². The molecule has 1 N–H and O–H groups in total. The van der Waals surface area contributed by atoms with Gasteiger partial charge in [-0.1, -0.05) is 27.7 Å². The summed E-state index contributed by atoms with van der Waals surface area (Å²) in [5, 5.41) is 3.27. The molecule has 0 bridgehead atoms. The zero-order valence-corrected chi connectivity index (χ0v) is 18.0. The molecule has 0 spiro atoms. The fourth-order valence-electron chi connectivity index (χ4n) is 2.81. The highest BCUT2D eigenvalue weighted by molar-refractivity contribution is 5.82. The lowest BCUT2D eigenvalue weighted by molar-refractivity contribution is -0.138. The molecule has 0 rings (SSSR count). The first-order valence-corrected chi connectivity index (χ1v) is 9.31. The van der Waals surface area contributed by atoms with Crippen LogP contribution < -0.4 is 5.32 Å². The van der Waals surface area contributed by atoms with Crippen molar-refractivity contribution in [1.82, 2.24) is 15.1 Å². The number of nitrogens with zero attached hydrogens (tertiary/aromatic N) is 2. The third-order valence-electron chi connectivity index (χ3n) is 5.07. The van der Waals surface area contributed by atoms with Crippen molar-refractivity contribution in [1.29, 1.82) is 0 Å². The highest BCUT2D eigenvalue weighted by Crippen LogP contribution is 2.12. The maximum Gasteiger partial charge on any atom is 0.240 e. The third-order valence-corrected chi connectivity index (χ3v) is 5.07. The number of carbonyl (C=O) groups is 1. The first-order chi connectivity index (χ1) is 11.5. The van der Waals surface area contributed by atoms with Crippen LogP contribution in [0.5, 0.6) is 0 Å². The molecule has 6 nitrogen and oxygen atoms in total. The summed E-state index contributed by atoms with van der Waals surface area (Å²) in [6.07, 6.45) is -0.00935. The second-order valence-corrected chi connectivity index (χ2v) is 7.85. The van der Waals surface area contributed by atoms with Gasteiger partial charge in [-0.3, -0.25) is 10.1 Å².